The zero-order valence-corrected chi connectivity index (χ0v) is 9.54. The van der Waals surface area contributed by atoms with Gasteiger partial charge in [0, 0.05) is 6.54 Å². The lowest BCUT2D eigenvalue weighted by Crippen LogP contribution is -2.41. The van der Waals surface area contributed by atoms with Gasteiger partial charge in [-0.3, -0.25) is 0 Å². The van der Waals surface area contributed by atoms with Gasteiger partial charge in [-0.05, 0) is 20.8 Å². The van der Waals surface area contributed by atoms with Crippen molar-refractivity contribution in [2.24, 2.45) is 0 Å². The topological polar surface area (TPSA) is 56.8 Å². The van der Waals surface area contributed by atoms with Gasteiger partial charge in [0.2, 0.25) is 0 Å². The van der Waals surface area contributed by atoms with Crippen LogP contribution >= 0.6 is 0 Å². The van der Waals surface area contributed by atoms with Crippen molar-refractivity contribution < 1.29 is 19.0 Å². The Kier molecular flexibility index (Phi) is 4.35. The second-order valence-corrected chi connectivity index (χ2v) is 4.45. The Bertz CT molecular complexity index is 206. The first-order valence-electron chi connectivity index (χ1n) is 5.13. The maximum Gasteiger partial charge on any atom is 0.407 e. The van der Waals surface area contributed by atoms with Crippen molar-refractivity contribution in [3.8, 4) is 0 Å². The Labute approximate surface area is 90.1 Å². The molecule has 0 saturated carbocycles. The number of hydrogen-bond acceptors (Lipinski definition) is 4. The molecular weight excluding hydrogens is 198 g/mol. The molecule has 1 atom stereocenters. The van der Waals surface area contributed by atoms with Crippen LogP contribution in [0.2, 0.25) is 0 Å². The van der Waals surface area contributed by atoms with Crippen LogP contribution in [-0.2, 0) is 14.2 Å². The van der Waals surface area contributed by atoms with Gasteiger partial charge in [-0.2, -0.15) is 0 Å². The number of carbonyl (C=O) groups is 1. The molecule has 0 unspecified atom stereocenters. The molecule has 0 aromatic heterocycles. The summed E-state index contributed by atoms with van der Waals surface area (Å²) < 4.78 is 15.6. The van der Waals surface area contributed by atoms with Crippen molar-refractivity contribution in [3.63, 3.8) is 0 Å². The van der Waals surface area contributed by atoms with E-state index in [9.17, 15) is 4.79 Å². The van der Waals surface area contributed by atoms with Gasteiger partial charge >= 0.3 is 6.09 Å². The molecule has 0 spiro atoms. The maximum absolute atomic E-state index is 11.3. The van der Waals surface area contributed by atoms with E-state index in [4.69, 9.17) is 14.2 Å². The van der Waals surface area contributed by atoms with Gasteiger partial charge in [0.25, 0.3) is 0 Å². The van der Waals surface area contributed by atoms with Crippen LogP contribution < -0.4 is 5.32 Å². The molecular formula is C10H19NO4. The molecule has 1 rings (SSSR count). The lowest BCUT2D eigenvalue weighted by Gasteiger charge is -2.24. The van der Waals surface area contributed by atoms with Gasteiger partial charge in [-0.15, -0.1) is 0 Å². The maximum atomic E-state index is 11.3. The van der Waals surface area contributed by atoms with E-state index in [1.807, 2.05) is 20.8 Å². The van der Waals surface area contributed by atoms with Gasteiger partial charge in [0.05, 0.1) is 25.9 Å². The van der Waals surface area contributed by atoms with Crippen molar-refractivity contribution in [2.75, 3.05) is 26.4 Å². The number of hydrogen-bond donors (Lipinski definition) is 1. The number of rotatable bonds is 2. The SMILES string of the molecule is CC(C)(C)OC(=O)NC[C@H]1COCCO1. The Balaban J connectivity index is 2.15. The molecule has 1 fully saturated rings. The highest BCUT2D eigenvalue weighted by Crippen LogP contribution is 2.06. The molecule has 0 radical (unpaired) electrons. The fourth-order valence-electron chi connectivity index (χ4n) is 1.17. The van der Waals surface area contributed by atoms with Crippen molar-refractivity contribution in [3.05, 3.63) is 0 Å². The summed E-state index contributed by atoms with van der Waals surface area (Å²) in [7, 11) is 0. The quantitative estimate of drug-likeness (QED) is 0.747. The van der Waals surface area contributed by atoms with E-state index < -0.39 is 11.7 Å². The van der Waals surface area contributed by atoms with Crippen LogP contribution in [0.5, 0.6) is 0 Å². The van der Waals surface area contributed by atoms with Crippen molar-refractivity contribution in [2.45, 2.75) is 32.5 Å². The van der Waals surface area contributed by atoms with Crippen LogP contribution in [0.25, 0.3) is 0 Å². The standard InChI is InChI=1S/C10H19NO4/c1-10(2,3)15-9(12)11-6-8-7-13-4-5-14-8/h8H,4-7H2,1-3H3,(H,11,12)/t8-/m0/s1. The molecule has 1 heterocycles. The molecule has 0 bridgehead atoms. The predicted molar refractivity (Wildman–Crippen MR) is 54.8 cm³/mol. The molecule has 1 saturated heterocycles. The second-order valence-electron chi connectivity index (χ2n) is 4.45. The molecule has 0 aliphatic carbocycles. The monoisotopic (exact) mass is 217 g/mol. The summed E-state index contributed by atoms with van der Waals surface area (Å²) in [5.41, 5.74) is -0.464. The third-order valence-corrected chi connectivity index (χ3v) is 1.76. The highest BCUT2D eigenvalue weighted by Gasteiger charge is 2.19. The largest absolute Gasteiger partial charge is 0.444 e. The van der Waals surface area contributed by atoms with E-state index in [2.05, 4.69) is 5.32 Å². The highest BCUT2D eigenvalue weighted by atomic mass is 16.6. The van der Waals surface area contributed by atoms with E-state index in [0.29, 0.717) is 26.4 Å². The Morgan fingerprint density at radius 2 is 2.20 bits per heavy atom. The first-order chi connectivity index (χ1) is 6.97. The number of alkyl carbamates (subject to hydrolysis) is 1. The zero-order chi connectivity index (χ0) is 11.3. The lowest BCUT2D eigenvalue weighted by atomic mass is 10.2. The van der Waals surface area contributed by atoms with Gasteiger partial charge in [0.15, 0.2) is 0 Å². The summed E-state index contributed by atoms with van der Waals surface area (Å²) in [6.07, 6.45) is -0.483. The van der Waals surface area contributed by atoms with E-state index >= 15 is 0 Å². The third-order valence-electron chi connectivity index (χ3n) is 1.76. The molecule has 88 valence electrons. The normalized spacial score (nSPS) is 22.2. The Morgan fingerprint density at radius 3 is 2.73 bits per heavy atom. The van der Waals surface area contributed by atoms with E-state index in [0.717, 1.165) is 0 Å². The average molecular weight is 217 g/mol. The molecule has 1 aliphatic heterocycles. The van der Waals surface area contributed by atoms with Crippen LogP contribution in [0.1, 0.15) is 20.8 Å². The van der Waals surface area contributed by atoms with Crippen LogP contribution in [0.4, 0.5) is 4.79 Å². The van der Waals surface area contributed by atoms with Crippen LogP contribution in [-0.4, -0.2) is 44.2 Å². The zero-order valence-electron chi connectivity index (χ0n) is 9.54. The van der Waals surface area contributed by atoms with E-state index in [-0.39, 0.29) is 6.10 Å². The summed E-state index contributed by atoms with van der Waals surface area (Å²) in [4.78, 5) is 11.3. The summed E-state index contributed by atoms with van der Waals surface area (Å²) in [5, 5.41) is 2.64. The molecule has 0 aromatic rings. The molecule has 5 heteroatoms. The number of ether oxygens (including phenoxy) is 3. The van der Waals surface area contributed by atoms with E-state index in [1.54, 1.807) is 0 Å². The third kappa shape index (κ3) is 5.59. The van der Waals surface area contributed by atoms with E-state index in [1.165, 1.54) is 0 Å². The van der Waals surface area contributed by atoms with Gasteiger partial charge in [-0.1, -0.05) is 0 Å². The van der Waals surface area contributed by atoms with Gasteiger partial charge in [-0.25, -0.2) is 4.79 Å². The van der Waals surface area contributed by atoms with Crippen LogP contribution in [0, 0.1) is 0 Å². The molecule has 1 aliphatic rings. The first kappa shape index (κ1) is 12.3. The minimum absolute atomic E-state index is 0.0636. The van der Waals surface area contributed by atoms with Crippen molar-refractivity contribution in [1.29, 1.82) is 0 Å². The van der Waals surface area contributed by atoms with Crippen molar-refractivity contribution >= 4 is 6.09 Å². The minimum atomic E-state index is -0.464. The number of amides is 1. The average Bonchev–Trinajstić information content (AvgIpc) is 2.14. The number of nitrogens with one attached hydrogen (secondary N) is 1. The van der Waals surface area contributed by atoms with Crippen LogP contribution in [0.15, 0.2) is 0 Å². The molecule has 1 N–H and O–H groups in total. The summed E-state index contributed by atoms with van der Waals surface area (Å²) in [5.74, 6) is 0. The first-order valence-corrected chi connectivity index (χ1v) is 5.13. The summed E-state index contributed by atoms with van der Waals surface area (Å²) in [6, 6.07) is 0. The molecule has 15 heavy (non-hydrogen) atoms. The number of carbonyl (C=O) groups excluding carboxylic acids is 1. The lowest BCUT2D eigenvalue weighted by molar-refractivity contribution is -0.0864. The fraction of sp³-hybridized carbons (Fsp3) is 0.900. The smallest absolute Gasteiger partial charge is 0.407 e. The molecule has 5 nitrogen and oxygen atoms in total. The highest BCUT2D eigenvalue weighted by molar-refractivity contribution is 5.67. The van der Waals surface area contributed by atoms with Gasteiger partial charge < -0.3 is 19.5 Å². The predicted octanol–water partition coefficient (Wildman–Crippen LogP) is 0.926. The molecule has 1 amide bonds. The molecule has 0 aromatic carbocycles. The van der Waals surface area contributed by atoms with Crippen LogP contribution in [0.3, 0.4) is 0 Å². The summed E-state index contributed by atoms with van der Waals surface area (Å²) in [6.45, 7) is 7.64. The summed E-state index contributed by atoms with van der Waals surface area (Å²) >= 11 is 0. The van der Waals surface area contributed by atoms with Gasteiger partial charge in [0.1, 0.15) is 5.60 Å². The second kappa shape index (κ2) is 5.32. The Hall–Kier alpha value is -0.810. The minimum Gasteiger partial charge on any atom is -0.444 e. The fourth-order valence-corrected chi connectivity index (χ4v) is 1.17. The Morgan fingerprint density at radius 1 is 1.47 bits per heavy atom. The van der Waals surface area contributed by atoms with Crippen molar-refractivity contribution in [1.82, 2.24) is 5.32 Å².